The van der Waals surface area contributed by atoms with Crippen LogP contribution in [0.5, 0.6) is 0 Å². The molecular formula is C22H35N5O. The van der Waals surface area contributed by atoms with Crippen LogP contribution in [0.2, 0.25) is 0 Å². The fraction of sp³-hybridized carbons (Fsp3) is 0.636. The number of hydrogen-bond acceptors (Lipinski definition) is 5. The normalized spacial score (nSPS) is 16.8. The topological polar surface area (TPSA) is 97.5 Å². The van der Waals surface area contributed by atoms with Gasteiger partial charge in [0, 0.05) is 22.6 Å². The van der Waals surface area contributed by atoms with E-state index in [2.05, 4.69) is 46.8 Å². The number of H-pyrrole nitrogens is 1. The minimum atomic E-state index is -0.221. The predicted octanol–water partition coefficient (Wildman–Crippen LogP) is 3.96. The Bertz CT molecular complexity index is 824. The molecule has 6 nitrogen and oxygen atoms in total. The van der Waals surface area contributed by atoms with Gasteiger partial charge in [-0.1, -0.05) is 60.8 Å². The maximum absolute atomic E-state index is 10.8. The van der Waals surface area contributed by atoms with E-state index in [-0.39, 0.29) is 21.9 Å². The van der Waals surface area contributed by atoms with Gasteiger partial charge in [0.05, 0.1) is 23.3 Å². The van der Waals surface area contributed by atoms with Gasteiger partial charge >= 0.3 is 0 Å². The molecule has 0 unspecified atom stereocenters. The van der Waals surface area contributed by atoms with Gasteiger partial charge in [-0.3, -0.25) is 4.79 Å². The molecule has 28 heavy (non-hydrogen) atoms. The molecular weight excluding hydrogens is 350 g/mol. The van der Waals surface area contributed by atoms with Gasteiger partial charge in [-0.2, -0.15) is 0 Å². The molecule has 0 saturated heterocycles. The Kier molecular flexibility index (Phi) is 6.75. The number of nitrogens with one attached hydrogen (secondary N) is 1. The lowest BCUT2D eigenvalue weighted by Gasteiger charge is -2.33. The summed E-state index contributed by atoms with van der Waals surface area (Å²) in [5.74, 6) is 0. The van der Waals surface area contributed by atoms with E-state index in [9.17, 15) is 4.79 Å². The van der Waals surface area contributed by atoms with Crippen molar-refractivity contribution in [1.82, 2.24) is 19.9 Å². The Morgan fingerprint density at radius 1 is 0.893 bits per heavy atom. The van der Waals surface area contributed by atoms with E-state index in [0.29, 0.717) is 0 Å². The quantitative estimate of drug-likeness (QED) is 0.774. The number of nitrogens with zero attached hydrogens (tertiary/aromatic N) is 3. The number of aromatic nitrogens is 4. The van der Waals surface area contributed by atoms with Crippen molar-refractivity contribution in [1.29, 1.82) is 0 Å². The maximum Gasteiger partial charge on any atom is 0.250 e. The lowest BCUT2D eigenvalue weighted by atomic mass is 9.79. The molecule has 0 radical (unpaired) electrons. The second kappa shape index (κ2) is 8.52. The largest absolute Gasteiger partial charge is 0.320 e. The van der Waals surface area contributed by atoms with Gasteiger partial charge in [-0.25, -0.2) is 15.0 Å². The summed E-state index contributed by atoms with van der Waals surface area (Å²) in [6.45, 7) is 12.6. The fourth-order valence-corrected chi connectivity index (χ4v) is 3.26. The molecule has 6 heteroatoms. The van der Waals surface area contributed by atoms with E-state index in [4.69, 9.17) is 5.73 Å². The van der Waals surface area contributed by atoms with Gasteiger partial charge in [0.25, 0.3) is 5.56 Å². The van der Waals surface area contributed by atoms with Gasteiger partial charge < -0.3 is 10.7 Å². The highest BCUT2D eigenvalue weighted by Crippen LogP contribution is 2.34. The molecule has 1 saturated carbocycles. The molecule has 1 aliphatic carbocycles. The average Bonchev–Trinajstić information content (AvgIpc) is 2.62. The Labute approximate surface area is 168 Å². The maximum atomic E-state index is 10.8. The van der Waals surface area contributed by atoms with Crippen molar-refractivity contribution >= 4 is 0 Å². The first-order valence-corrected chi connectivity index (χ1v) is 10.1. The van der Waals surface area contributed by atoms with E-state index < -0.39 is 0 Å². The Morgan fingerprint density at radius 2 is 1.46 bits per heavy atom. The second-order valence-corrected chi connectivity index (χ2v) is 9.80. The summed E-state index contributed by atoms with van der Waals surface area (Å²) in [7, 11) is 0. The molecule has 3 N–H and O–H groups in total. The highest BCUT2D eigenvalue weighted by molar-refractivity contribution is 5.22. The monoisotopic (exact) mass is 385 g/mol. The third-order valence-electron chi connectivity index (χ3n) is 5.14. The van der Waals surface area contributed by atoms with Crippen molar-refractivity contribution in [2.75, 3.05) is 0 Å². The van der Waals surface area contributed by atoms with Crippen molar-refractivity contribution in [3.8, 4) is 0 Å². The SMILES string of the molecule is CC(C)(C)c1cc(=O)[nH]cn1.CC(C)(C)c1cc(C2(N)CCCCC2)ncn1. The van der Waals surface area contributed by atoms with E-state index in [0.717, 1.165) is 29.9 Å². The summed E-state index contributed by atoms with van der Waals surface area (Å²) in [5.41, 5.74) is 9.13. The number of aromatic amines is 1. The van der Waals surface area contributed by atoms with E-state index >= 15 is 0 Å². The molecule has 1 aliphatic rings. The zero-order chi connectivity index (χ0) is 21.0. The van der Waals surface area contributed by atoms with E-state index in [1.165, 1.54) is 31.7 Å². The average molecular weight is 386 g/mol. The fourth-order valence-electron chi connectivity index (χ4n) is 3.26. The lowest BCUT2D eigenvalue weighted by Crippen LogP contribution is -2.39. The van der Waals surface area contributed by atoms with Gasteiger partial charge in [0.1, 0.15) is 6.33 Å². The van der Waals surface area contributed by atoms with E-state index in [1.807, 2.05) is 20.8 Å². The smallest absolute Gasteiger partial charge is 0.250 e. The summed E-state index contributed by atoms with van der Waals surface area (Å²) >= 11 is 0. The standard InChI is InChI=1S/C14H23N3.C8H12N2O/c1-13(2,3)11-9-12(17-10-16-11)14(15)7-5-4-6-8-14;1-8(2,3)6-4-7(11)10-5-9-6/h9-10H,4-8,15H2,1-3H3;4-5H,1-3H3,(H,9,10,11). The first-order chi connectivity index (χ1) is 12.9. The van der Waals surface area contributed by atoms with Gasteiger partial charge in [0.2, 0.25) is 0 Å². The Morgan fingerprint density at radius 3 is 1.96 bits per heavy atom. The van der Waals surface area contributed by atoms with Crippen LogP contribution in [0.1, 0.15) is 90.7 Å². The van der Waals surface area contributed by atoms with Crippen molar-refractivity contribution in [3.05, 3.63) is 52.2 Å². The number of nitrogens with two attached hydrogens (primary N) is 1. The summed E-state index contributed by atoms with van der Waals surface area (Å²) in [6.07, 6.45) is 8.93. The van der Waals surface area contributed by atoms with Crippen LogP contribution in [0.25, 0.3) is 0 Å². The molecule has 0 atom stereocenters. The molecule has 1 fully saturated rings. The van der Waals surface area contributed by atoms with Crippen LogP contribution < -0.4 is 11.3 Å². The molecule has 3 rings (SSSR count). The Hall–Kier alpha value is -2.08. The number of hydrogen-bond donors (Lipinski definition) is 2. The number of rotatable bonds is 1. The second-order valence-electron chi connectivity index (χ2n) is 9.80. The Balaban J connectivity index is 0.000000221. The lowest BCUT2D eigenvalue weighted by molar-refractivity contribution is 0.294. The third kappa shape index (κ3) is 5.96. The molecule has 0 spiro atoms. The first-order valence-electron chi connectivity index (χ1n) is 10.1. The minimum Gasteiger partial charge on any atom is -0.320 e. The minimum absolute atomic E-state index is 0.0474. The van der Waals surface area contributed by atoms with Crippen LogP contribution in [-0.2, 0) is 16.4 Å². The van der Waals surface area contributed by atoms with Crippen LogP contribution in [0.4, 0.5) is 0 Å². The van der Waals surface area contributed by atoms with Gasteiger partial charge in [0.15, 0.2) is 0 Å². The molecule has 0 aliphatic heterocycles. The zero-order valence-corrected chi connectivity index (χ0v) is 18.2. The molecule has 2 heterocycles. The summed E-state index contributed by atoms with van der Waals surface area (Å²) in [5, 5.41) is 0. The van der Waals surface area contributed by atoms with Gasteiger partial charge in [-0.15, -0.1) is 0 Å². The molecule has 0 amide bonds. The zero-order valence-electron chi connectivity index (χ0n) is 18.2. The van der Waals surface area contributed by atoms with Crippen LogP contribution in [0, 0.1) is 0 Å². The molecule has 0 aromatic carbocycles. The molecule has 2 aromatic heterocycles. The molecule has 2 aromatic rings. The highest BCUT2D eigenvalue weighted by atomic mass is 16.1. The van der Waals surface area contributed by atoms with Crippen LogP contribution in [-0.4, -0.2) is 19.9 Å². The van der Waals surface area contributed by atoms with Crippen molar-refractivity contribution < 1.29 is 0 Å². The van der Waals surface area contributed by atoms with Crippen molar-refractivity contribution in [2.45, 2.75) is 90.0 Å². The first kappa shape index (κ1) is 22.2. The van der Waals surface area contributed by atoms with Crippen LogP contribution in [0.15, 0.2) is 29.6 Å². The summed E-state index contributed by atoms with van der Waals surface area (Å²) in [6, 6.07) is 3.63. The summed E-state index contributed by atoms with van der Waals surface area (Å²) < 4.78 is 0. The highest BCUT2D eigenvalue weighted by Gasteiger charge is 2.31. The summed E-state index contributed by atoms with van der Waals surface area (Å²) in [4.78, 5) is 26.2. The predicted molar refractivity (Wildman–Crippen MR) is 113 cm³/mol. The molecule has 154 valence electrons. The van der Waals surface area contributed by atoms with Gasteiger partial charge in [-0.05, 0) is 18.9 Å². The van der Waals surface area contributed by atoms with Crippen LogP contribution >= 0.6 is 0 Å². The van der Waals surface area contributed by atoms with E-state index in [1.54, 1.807) is 6.33 Å². The third-order valence-corrected chi connectivity index (χ3v) is 5.14. The van der Waals surface area contributed by atoms with Crippen LogP contribution in [0.3, 0.4) is 0 Å². The van der Waals surface area contributed by atoms with Crippen molar-refractivity contribution in [3.63, 3.8) is 0 Å². The molecule has 0 bridgehead atoms. The van der Waals surface area contributed by atoms with Crippen molar-refractivity contribution in [2.24, 2.45) is 5.73 Å².